The fourth-order valence-corrected chi connectivity index (χ4v) is 1.01. The van der Waals surface area contributed by atoms with E-state index in [1.165, 1.54) is 19.3 Å². The summed E-state index contributed by atoms with van der Waals surface area (Å²) in [6.07, 6.45) is 1.39. The van der Waals surface area contributed by atoms with Crippen LogP contribution in [0.2, 0.25) is 0 Å². The van der Waals surface area contributed by atoms with Crippen LogP contribution >= 0.6 is 0 Å². The molecule has 14 heavy (non-hydrogen) atoms. The van der Waals surface area contributed by atoms with Gasteiger partial charge in [-0.1, -0.05) is 0 Å². The van der Waals surface area contributed by atoms with E-state index in [1.54, 1.807) is 13.0 Å². The summed E-state index contributed by atoms with van der Waals surface area (Å²) >= 11 is 0. The summed E-state index contributed by atoms with van der Waals surface area (Å²) in [7, 11) is 0. The minimum absolute atomic E-state index is 0.186. The molecule has 0 fully saturated rings. The highest BCUT2D eigenvalue weighted by atomic mass is 16.5. The maximum atomic E-state index is 11.5. The third kappa shape index (κ3) is 2.22. The Balaban J connectivity index is 2.66. The Bertz CT molecular complexity index is 313. The van der Waals surface area contributed by atoms with Crippen molar-refractivity contribution in [2.75, 3.05) is 6.61 Å². The first-order valence-electron chi connectivity index (χ1n) is 4.41. The van der Waals surface area contributed by atoms with Crippen LogP contribution in [-0.4, -0.2) is 18.4 Å². The van der Waals surface area contributed by atoms with E-state index in [0.717, 1.165) is 0 Å². The summed E-state index contributed by atoms with van der Waals surface area (Å²) in [5.74, 6) is -1.49. The first kappa shape index (κ1) is 10.5. The van der Waals surface area contributed by atoms with Crippen LogP contribution in [0.3, 0.4) is 0 Å². The molecule has 0 aliphatic carbocycles. The Morgan fingerprint density at radius 3 is 2.79 bits per heavy atom. The first-order valence-corrected chi connectivity index (χ1v) is 4.41. The highest BCUT2D eigenvalue weighted by Crippen LogP contribution is 2.10. The molecule has 0 saturated carbocycles. The molecule has 0 saturated heterocycles. The number of Topliss-reactive ketones (excluding diaryl/α,β-unsaturated/α-hetero) is 1. The number of carbonyl (C=O) groups excluding carboxylic acids is 2. The topological polar surface area (TPSA) is 56.5 Å². The van der Waals surface area contributed by atoms with Gasteiger partial charge in [0.2, 0.25) is 5.78 Å². The molecular formula is C10H12O4. The van der Waals surface area contributed by atoms with E-state index in [4.69, 9.17) is 9.15 Å². The van der Waals surface area contributed by atoms with Gasteiger partial charge in [0.25, 0.3) is 0 Å². The smallest absolute Gasteiger partial charge is 0.316 e. The van der Waals surface area contributed by atoms with Crippen molar-refractivity contribution in [3.8, 4) is 0 Å². The molecule has 1 aromatic heterocycles. The summed E-state index contributed by atoms with van der Waals surface area (Å²) in [5.41, 5.74) is 0. The quantitative estimate of drug-likeness (QED) is 0.417. The van der Waals surface area contributed by atoms with E-state index in [-0.39, 0.29) is 18.2 Å². The van der Waals surface area contributed by atoms with Crippen LogP contribution in [0.4, 0.5) is 0 Å². The predicted molar refractivity (Wildman–Crippen MR) is 48.8 cm³/mol. The fraction of sp³-hybridized carbons (Fsp3) is 0.400. The molecule has 0 aliphatic rings. The molecule has 76 valence electrons. The summed E-state index contributed by atoms with van der Waals surface area (Å²) in [5, 5.41) is 0. The van der Waals surface area contributed by atoms with Gasteiger partial charge in [-0.2, -0.15) is 0 Å². The van der Waals surface area contributed by atoms with E-state index in [2.05, 4.69) is 0 Å². The van der Waals surface area contributed by atoms with Crippen LogP contribution in [0, 0.1) is 5.92 Å². The second-order valence-corrected chi connectivity index (χ2v) is 2.82. The van der Waals surface area contributed by atoms with E-state index >= 15 is 0 Å². The van der Waals surface area contributed by atoms with Crippen molar-refractivity contribution in [3.05, 3.63) is 24.2 Å². The van der Waals surface area contributed by atoms with Gasteiger partial charge in [0.1, 0.15) is 5.92 Å². The lowest BCUT2D eigenvalue weighted by molar-refractivity contribution is -0.145. The van der Waals surface area contributed by atoms with Crippen molar-refractivity contribution < 1.29 is 18.7 Å². The van der Waals surface area contributed by atoms with E-state index in [1.807, 2.05) is 0 Å². The lowest BCUT2D eigenvalue weighted by atomic mass is 10.1. The van der Waals surface area contributed by atoms with Gasteiger partial charge in [-0.15, -0.1) is 0 Å². The van der Waals surface area contributed by atoms with E-state index in [0.29, 0.717) is 0 Å². The number of carbonyl (C=O) groups is 2. The van der Waals surface area contributed by atoms with Gasteiger partial charge in [-0.3, -0.25) is 9.59 Å². The highest BCUT2D eigenvalue weighted by molar-refractivity contribution is 6.06. The second kappa shape index (κ2) is 4.60. The molecule has 0 bridgehead atoms. The van der Waals surface area contributed by atoms with Crippen molar-refractivity contribution in [2.24, 2.45) is 5.92 Å². The van der Waals surface area contributed by atoms with Gasteiger partial charge in [0.15, 0.2) is 5.76 Å². The summed E-state index contributed by atoms with van der Waals surface area (Å²) in [6.45, 7) is 3.47. The molecule has 1 aromatic rings. The molecule has 0 N–H and O–H groups in total. The van der Waals surface area contributed by atoms with Crippen LogP contribution in [0.5, 0.6) is 0 Å². The van der Waals surface area contributed by atoms with Crippen LogP contribution < -0.4 is 0 Å². The average molecular weight is 196 g/mol. The van der Waals surface area contributed by atoms with E-state index < -0.39 is 11.9 Å². The summed E-state index contributed by atoms with van der Waals surface area (Å²) in [4.78, 5) is 22.7. The third-order valence-electron chi connectivity index (χ3n) is 1.80. The van der Waals surface area contributed by atoms with Crippen LogP contribution in [0.1, 0.15) is 24.4 Å². The molecular weight excluding hydrogens is 184 g/mol. The molecule has 4 nitrogen and oxygen atoms in total. The van der Waals surface area contributed by atoms with Crippen molar-refractivity contribution in [1.29, 1.82) is 0 Å². The van der Waals surface area contributed by atoms with Crippen molar-refractivity contribution in [3.63, 3.8) is 0 Å². The summed E-state index contributed by atoms with van der Waals surface area (Å²) < 4.78 is 9.61. The predicted octanol–water partition coefficient (Wildman–Crippen LogP) is 1.66. The fourth-order valence-electron chi connectivity index (χ4n) is 1.01. The van der Waals surface area contributed by atoms with E-state index in [9.17, 15) is 9.59 Å². The number of rotatable bonds is 4. The number of furan rings is 1. The average Bonchev–Trinajstić information content (AvgIpc) is 2.68. The molecule has 0 unspecified atom stereocenters. The Hall–Kier alpha value is -1.58. The number of ketones is 1. The van der Waals surface area contributed by atoms with Crippen LogP contribution in [-0.2, 0) is 9.53 Å². The number of hydrogen-bond acceptors (Lipinski definition) is 4. The van der Waals surface area contributed by atoms with Crippen LogP contribution in [0.15, 0.2) is 22.8 Å². The monoisotopic (exact) mass is 196 g/mol. The van der Waals surface area contributed by atoms with Crippen molar-refractivity contribution in [1.82, 2.24) is 0 Å². The van der Waals surface area contributed by atoms with Gasteiger partial charge in [-0.05, 0) is 26.0 Å². The zero-order valence-electron chi connectivity index (χ0n) is 8.15. The molecule has 0 spiro atoms. The molecule has 1 heterocycles. The van der Waals surface area contributed by atoms with Gasteiger partial charge < -0.3 is 9.15 Å². The molecule has 0 aromatic carbocycles. The lowest BCUT2D eigenvalue weighted by Crippen LogP contribution is -2.23. The van der Waals surface area contributed by atoms with Gasteiger partial charge >= 0.3 is 5.97 Å². The standard InChI is InChI=1S/C10H12O4/c1-3-13-10(12)7(2)9(11)8-5-4-6-14-8/h4-7H,3H2,1-2H3/t7-/m1/s1. The highest BCUT2D eigenvalue weighted by Gasteiger charge is 2.25. The Labute approximate surface area is 81.9 Å². The third-order valence-corrected chi connectivity index (χ3v) is 1.80. The maximum absolute atomic E-state index is 11.5. The number of ether oxygens (including phenoxy) is 1. The zero-order valence-corrected chi connectivity index (χ0v) is 8.15. The largest absolute Gasteiger partial charge is 0.465 e. The molecule has 1 rings (SSSR count). The Morgan fingerprint density at radius 2 is 2.29 bits per heavy atom. The normalized spacial score (nSPS) is 12.1. The molecule has 0 amide bonds. The maximum Gasteiger partial charge on any atom is 0.316 e. The second-order valence-electron chi connectivity index (χ2n) is 2.82. The molecule has 0 radical (unpaired) electrons. The van der Waals surface area contributed by atoms with Gasteiger partial charge in [0, 0.05) is 0 Å². The molecule has 0 aliphatic heterocycles. The first-order chi connectivity index (χ1) is 6.66. The minimum Gasteiger partial charge on any atom is -0.465 e. The van der Waals surface area contributed by atoms with Crippen LogP contribution in [0.25, 0.3) is 0 Å². The molecule has 1 atom stereocenters. The van der Waals surface area contributed by atoms with Gasteiger partial charge in [0.05, 0.1) is 12.9 Å². The number of hydrogen-bond donors (Lipinski definition) is 0. The number of esters is 1. The molecule has 4 heteroatoms. The lowest BCUT2D eigenvalue weighted by Gasteiger charge is -2.06. The minimum atomic E-state index is -0.805. The van der Waals surface area contributed by atoms with Crippen molar-refractivity contribution >= 4 is 11.8 Å². The Kier molecular flexibility index (Phi) is 3.45. The Morgan fingerprint density at radius 1 is 1.57 bits per heavy atom. The summed E-state index contributed by atoms with van der Waals surface area (Å²) in [6, 6.07) is 3.13. The van der Waals surface area contributed by atoms with Crippen molar-refractivity contribution in [2.45, 2.75) is 13.8 Å². The SMILES string of the molecule is CCOC(=O)[C@H](C)C(=O)c1ccco1. The van der Waals surface area contributed by atoms with Gasteiger partial charge in [-0.25, -0.2) is 0 Å². The zero-order chi connectivity index (χ0) is 10.6.